The SMILES string of the molecule is CN1CCOc2ccc(NC(=O)c3cccc(C#N)c3)cc2C1=O. The predicted molar refractivity (Wildman–Crippen MR) is 88.0 cm³/mol. The van der Waals surface area contributed by atoms with E-state index >= 15 is 0 Å². The molecule has 120 valence electrons. The summed E-state index contributed by atoms with van der Waals surface area (Å²) in [6, 6.07) is 13.4. The molecule has 3 rings (SSSR count). The second-order valence-electron chi connectivity index (χ2n) is 5.43. The molecule has 2 aromatic carbocycles. The molecule has 0 bridgehead atoms. The fraction of sp³-hybridized carbons (Fsp3) is 0.167. The molecule has 6 heteroatoms. The van der Waals surface area contributed by atoms with Crippen LogP contribution in [-0.4, -0.2) is 36.9 Å². The number of hydrogen-bond donors (Lipinski definition) is 1. The Balaban J connectivity index is 1.86. The molecule has 0 saturated carbocycles. The number of nitrogens with one attached hydrogen (secondary N) is 1. The van der Waals surface area contributed by atoms with Crippen molar-refractivity contribution in [1.29, 1.82) is 5.26 Å². The van der Waals surface area contributed by atoms with E-state index < -0.39 is 0 Å². The zero-order chi connectivity index (χ0) is 17.1. The number of nitriles is 1. The number of nitrogens with zero attached hydrogens (tertiary/aromatic N) is 2. The summed E-state index contributed by atoms with van der Waals surface area (Å²) in [5.41, 5.74) is 1.70. The lowest BCUT2D eigenvalue weighted by Gasteiger charge is -2.13. The average molecular weight is 321 g/mol. The van der Waals surface area contributed by atoms with Gasteiger partial charge in [-0.3, -0.25) is 9.59 Å². The van der Waals surface area contributed by atoms with Crippen LogP contribution in [0.1, 0.15) is 26.3 Å². The van der Waals surface area contributed by atoms with Gasteiger partial charge in [0.1, 0.15) is 12.4 Å². The van der Waals surface area contributed by atoms with E-state index in [-0.39, 0.29) is 11.8 Å². The minimum absolute atomic E-state index is 0.148. The largest absolute Gasteiger partial charge is 0.491 e. The Morgan fingerprint density at radius 2 is 2.12 bits per heavy atom. The average Bonchev–Trinajstić information content (AvgIpc) is 2.74. The number of carbonyl (C=O) groups is 2. The number of carbonyl (C=O) groups excluding carboxylic acids is 2. The van der Waals surface area contributed by atoms with E-state index in [9.17, 15) is 9.59 Å². The summed E-state index contributed by atoms with van der Waals surface area (Å²) < 4.78 is 5.55. The molecule has 1 N–H and O–H groups in total. The molecule has 6 nitrogen and oxygen atoms in total. The highest BCUT2D eigenvalue weighted by Crippen LogP contribution is 2.26. The van der Waals surface area contributed by atoms with E-state index in [1.165, 1.54) is 6.07 Å². The van der Waals surface area contributed by atoms with E-state index in [1.807, 2.05) is 6.07 Å². The van der Waals surface area contributed by atoms with Crippen LogP contribution in [0.5, 0.6) is 5.75 Å². The first-order valence-corrected chi connectivity index (χ1v) is 7.42. The number of fused-ring (bicyclic) bond motifs is 1. The minimum Gasteiger partial charge on any atom is -0.491 e. The third-order valence-corrected chi connectivity index (χ3v) is 3.75. The van der Waals surface area contributed by atoms with Crippen LogP contribution in [0.25, 0.3) is 0 Å². The van der Waals surface area contributed by atoms with Crippen molar-refractivity contribution >= 4 is 17.5 Å². The Bertz CT molecular complexity index is 855. The van der Waals surface area contributed by atoms with Crippen molar-refractivity contribution in [2.75, 3.05) is 25.5 Å². The topological polar surface area (TPSA) is 82.4 Å². The van der Waals surface area contributed by atoms with Crippen molar-refractivity contribution in [3.63, 3.8) is 0 Å². The van der Waals surface area contributed by atoms with Crippen LogP contribution in [0.2, 0.25) is 0 Å². The standard InChI is InChI=1S/C18H15N3O3/c1-21-7-8-24-16-6-5-14(10-15(16)18(21)23)20-17(22)13-4-2-3-12(9-13)11-19/h2-6,9-10H,7-8H2,1H3,(H,20,22). The van der Waals surface area contributed by atoms with Gasteiger partial charge in [0.05, 0.1) is 23.7 Å². The van der Waals surface area contributed by atoms with Gasteiger partial charge in [0, 0.05) is 18.3 Å². The molecule has 1 heterocycles. The van der Waals surface area contributed by atoms with Crippen LogP contribution in [0.3, 0.4) is 0 Å². The Morgan fingerprint density at radius 3 is 2.92 bits per heavy atom. The summed E-state index contributed by atoms with van der Waals surface area (Å²) in [4.78, 5) is 26.2. The zero-order valence-electron chi connectivity index (χ0n) is 13.1. The summed E-state index contributed by atoms with van der Waals surface area (Å²) in [6.07, 6.45) is 0. The fourth-order valence-electron chi connectivity index (χ4n) is 2.43. The molecule has 0 aromatic heterocycles. The van der Waals surface area contributed by atoms with Gasteiger partial charge in [-0.25, -0.2) is 0 Å². The molecule has 0 radical (unpaired) electrons. The predicted octanol–water partition coefficient (Wildman–Crippen LogP) is 2.27. The lowest BCUT2D eigenvalue weighted by molar-refractivity contribution is 0.0796. The summed E-state index contributed by atoms with van der Waals surface area (Å²) in [5.74, 6) is 0.0151. The summed E-state index contributed by atoms with van der Waals surface area (Å²) in [7, 11) is 1.71. The van der Waals surface area contributed by atoms with Crippen molar-refractivity contribution in [2.45, 2.75) is 0 Å². The Morgan fingerprint density at radius 1 is 1.29 bits per heavy atom. The Hall–Kier alpha value is -3.33. The molecular weight excluding hydrogens is 306 g/mol. The molecule has 0 spiro atoms. The molecule has 0 saturated heterocycles. The zero-order valence-corrected chi connectivity index (χ0v) is 13.1. The fourth-order valence-corrected chi connectivity index (χ4v) is 2.43. The first-order valence-electron chi connectivity index (χ1n) is 7.42. The van der Waals surface area contributed by atoms with E-state index in [2.05, 4.69) is 5.32 Å². The maximum atomic E-state index is 12.3. The lowest BCUT2D eigenvalue weighted by atomic mass is 10.1. The van der Waals surface area contributed by atoms with Crippen molar-refractivity contribution < 1.29 is 14.3 Å². The first kappa shape index (κ1) is 15.6. The van der Waals surface area contributed by atoms with Gasteiger partial charge in [0.2, 0.25) is 0 Å². The summed E-state index contributed by atoms with van der Waals surface area (Å²) in [6.45, 7) is 0.943. The molecule has 0 unspecified atom stereocenters. The van der Waals surface area contributed by atoms with Crippen molar-refractivity contribution in [3.05, 3.63) is 59.2 Å². The molecular formula is C18H15N3O3. The maximum absolute atomic E-state index is 12.3. The van der Waals surface area contributed by atoms with Gasteiger partial charge in [0.15, 0.2) is 0 Å². The molecule has 0 fully saturated rings. The van der Waals surface area contributed by atoms with Crippen LogP contribution in [-0.2, 0) is 0 Å². The van der Waals surface area contributed by atoms with Crippen LogP contribution in [0.4, 0.5) is 5.69 Å². The van der Waals surface area contributed by atoms with Gasteiger partial charge < -0.3 is 15.0 Å². The van der Waals surface area contributed by atoms with E-state index in [1.54, 1.807) is 48.3 Å². The smallest absolute Gasteiger partial charge is 0.257 e. The van der Waals surface area contributed by atoms with Crippen LogP contribution in [0, 0.1) is 11.3 Å². The normalized spacial score (nSPS) is 13.3. The molecule has 2 aromatic rings. The van der Waals surface area contributed by atoms with Crippen molar-refractivity contribution in [1.82, 2.24) is 4.90 Å². The second kappa shape index (κ2) is 6.42. The Labute approximate surface area is 139 Å². The van der Waals surface area contributed by atoms with Crippen molar-refractivity contribution in [2.24, 2.45) is 0 Å². The highest BCUT2D eigenvalue weighted by Gasteiger charge is 2.21. The van der Waals surface area contributed by atoms with Gasteiger partial charge >= 0.3 is 0 Å². The summed E-state index contributed by atoms with van der Waals surface area (Å²) in [5, 5.41) is 11.6. The van der Waals surface area contributed by atoms with Crippen LogP contribution in [0.15, 0.2) is 42.5 Å². The quantitative estimate of drug-likeness (QED) is 0.920. The number of ether oxygens (including phenoxy) is 1. The molecule has 1 aliphatic heterocycles. The third kappa shape index (κ3) is 3.06. The minimum atomic E-state index is -0.345. The molecule has 2 amide bonds. The van der Waals surface area contributed by atoms with Gasteiger partial charge in [-0.2, -0.15) is 5.26 Å². The molecule has 0 aliphatic carbocycles. The number of likely N-dealkylation sites (N-methyl/N-ethyl adjacent to an activating group) is 1. The van der Waals surface area contributed by atoms with Crippen LogP contribution < -0.4 is 10.1 Å². The van der Waals surface area contributed by atoms with Gasteiger partial charge in [-0.05, 0) is 36.4 Å². The number of rotatable bonds is 2. The maximum Gasteiger partial charge on any atom is 0.257 e. The summed E-state index contributed by atoms with van der Waals surface area (Å²) >= 11 is 0. The monoisotopic (exact) mass is 321 g/mol. The van der Waals surface area contributed by atoms with E-state index in [0.717, 1.165) is 0 Å². The lowest BCUT2D eigenvalue weighted by Crippen LogP contribution is -2.27. The van der Waals surface area contributed by atoms with E-state index in [0.29, 0.717) is 41.3 Å². The Kier molecular flexibility index (Phi) is 4.17. The molecule has 24 heavy (non-hydrogen) atoms. The first-order chi connectivity index (χ1) is 11.6. The molecule has 0 atom stereocenters. The van der Waals surface area contributed by atoms with Crippen LogP contribution >= 0.6 is 0 Å². The van der Waals surface area contributed by atoms with Gasteiger partial charge in [-0.15, -0.1) is 0 Å². The highest BCUT2D eigenvalue weighted by atomic mass is 16.5. The van der Waals surface area contributed by atoms with Gasteiger partial charge in [-0.1, -0.05) is 6.07 Å². The number of anilines is 1. The van der Waals surface area contributed by atoms with E-state index in [4.69, 9.17) is 10.00 Å². The highest BCUT2D eigenvalue weighted by molar-refractivity contribution is 6.05. The van der Waals surface area contributed by atoms with Crippen molar-refractivity contribution in [3.8, 4) is 11.8 Å². The third-order valence-electron chi connectivity index (χ3n) is 3.75. The number of benzene rings is 2. The van der Waals surface area contributed by atoms with Gasteiger partial charge in [0.25, 0.3) is 11.8 Å². The molecule has 1 aliphatic rings. The number of hydrogen-bond acceptors (Lipinski definition) is 4. The number of amides is 2. The second-order valence-corrected chi connectivity index (χ2v) is 5.43.